The van der Waals surface area contributed by atoms with Crippen molar-refractivity contribution in [1.82, 2.24) is 9.88 Å². The van der Waals surface area contributed by atoms with Crippen LogP contribution < -0.4 is 14.4 Å². The van der Waals surface area contributed by atoms with Gasteiger partial charge < -0.3 is 14.2 Å². The summed E-state index contributed by atoms with van der Waals surface area (Å²) in [5, 5.41) is 15.8. The number of methoxy groups -OCH3 is 1. The molecule has 0 aliphatic heterocycles. The smallest absolute Gasteiger partial charge is 0.293 e. The fourth-order valence-corrected chi connectivity index (χ4v) is 4.64. The quantitative estimate of drug-likeness (QED) is 0.384. The monoisotopic (exact) mass is 474 g/mol. The number of aromatic nitrogens is 1. The topological polar surface area (TPSA) is 128 Å². The van der Waals surface area contributed by atoms with Gasteiger partial charge >= 0.3 is 0 Å². The van der Waals surface area contributed by atoms with E-state index in [1.54, 1.807) is 45.9 Å². The van der Waals surface area contributed by atoms with Gasteiger partial charge in [-0.3, -0.25) is 10.1 Å². The molecule has 0 atom stereocenters. The normalized spacial score (nSPS) is 11.9. The number of hydrogen-bond acceptors (Lipinski definition) is 8. The Morgan fingerprint density at radius 3 is 2.39 bits per heavy atom. The minimum absolute atomic E-state index is 0.178. The maximum absolute atomic E-state index is 12.6. The van der Waals surface area contributed by atoms with Gasteiger partial charge in [-0.1, -0.05) is 5.16 Å². The molecule has 2 aromatic carbocycles. The molecule has 0 fully saturated rings. The van der Waals surface area contributed by atoms with Gasteiger partial charge in [0, 0.05) is 30.3 Å². The average Bonchev–Trinajstić information content (AvgIpc) is 3.20. The first-order valence-corrected chi connectivity index (χ1v) is 11.5. The summed E-state index contributed by atoms with van der Waals surface area (Å²) in [6, 6.07) is 12.9. The predicted octanol–water partition coefficient (Wildman–Crippen LogP) is 3.97. The summed E-state index contributed by atoms with van der Waals surface area (Å²) in [6.45, 7) is 5.27. The maximum Gasteiger partial charge on any atom is 0.293 e. The van der Waals surface area contributed by atoms with Gasteiger partial charge in [0.05, 0.1) is 23.5 Å². The lowest BCUT2D eigenvalue weighted by Gasteiger charge is -2.21. The lowest BCUT2D eigenvalue weighted by Crippen LogP contribution is -2.40. The van der Waals surface area contributed by atoms with Crippen molar-refractivity contribution in [2.75, 3.05) is 19.1 Å². The summed E-state index contributed by atoms with van der Waals surface area (Å²) in [6.07, 6.45) is 0. The zero-order valence-corrected chi connectivity index (χ0v) is 19.8. The number of sulfonamides is 1. The van der Waals surface area contributed by atoms with E-state index in [9.17, 15) is 18.5 Å². The number of ether oxygens (including phenoxy) is 1. The molecule has 0 unspecified atom stereocenters. The van der Waals surface area contributed by atoms with Crippen molar-refractivity contribution in [3.8, 4) is 17.0 Å². The van der Waals surface area contributed by atoms with Crippen LogP contribution in [-0.4, -0.2) is 38.2 Å². The molecule has 11 heteroatoms. The van der Waals surface area contributed by atoms with Crippen LogP contribution in [-0.2, 0) is 16.6 Å². The molecule has 3 rings (SSSR count). The first-order chi connectivity index (χ1) is 15.4. The molecule has 0 saturated heterocycles. The zero-order chi connectivity index (χ0) is 24.4. The van der Waals surface area contributed by atoms with Crippen LogP contribution >= 0.6 is 0 Å². The van der Waals surface area contributed by atoms with E-state index in [1.165, 1.54) is 12.1 Å². The summed E-state index contributed by atoms with van der Waals surface area (Å²) < 4.78 is 38.2. The number of benzene rings is 2. The highest BCUT2D eigenvalue weighted by atomic mass is 32.2. The Labute approximate surface area is 192 Å². The summed E-state index contributed by atoms with van der Waals surface area (Å²) in [4.78, 5) is 12.5. The van der Waals surface area contributed by atoms with Crippen LogP contribution in [0.2, 0.25) is 0 Å². The third-order valence-electron chi connectivity index (χ3n) is 4.64. The van der Waals surface area contributed by atoms with Crippen molar-refractivity contribution < 1.29 is 22.6 Å². The van der Waals surface area contributed by atoms with Gasteiger partial charge in [0.1, 0.15) is 17.1 Å². The van der Waals surface area contributed by atoms with E-state index in [-0.39, 0.29) is 22.8 Å². The molecule has 1 aromatic heterocycles. The first kappa shape index (κ1) is 24.2. The Morgan fingerprint density at radius 1 is 1.15 bits per heavy atom. The van der Waals surface area contributed by atoms with Crippen molar-refractivity contribution >= 4 is 21.4 Å². The number of nitro groups is 1. The van der Waals surface area contributed by atoms with Gasteiger partial charge in [-0.2, -0.15) is 0 Å². The Balaban J connectivity index is 1.84. The average molecular weight is 475 g/mol. The SMILES string of the molecule is COc1ccc(-c2cc(CN(C)c3ccc(S(=O)(=O)NC(C)(C)C)cc3[N+](=O)[O-])on2)cc1. The highest BCUT2D eigenvalue weighted by Gasteiger charge is 2.26. The number of anilines is 1. The summed E-state index contributed by atoms with van der Waals surface area (Å²) >= 11 is 0. The first-order valence-electron chi connectivity index (χ1n) is 10.0. The summed E-state index contributed by atoms with van der Waals surface area (Å²) in [5.41, 5.74) is 0.642. The lowest BCUT2D eigenvalue weighted by atomic mass is 10.1. The number of nitrogens with one attached hydrogen (secondary N) is 1. The lowest BCUT2D eigenvalue weighted by molar-refractivity contribution is -0.384. The fraction of sp³-hybridized carbons (Fsp3) is 0.318. The van der Waals surface area contributed by atoms with Gasteiger partial charge in [0.15, 0.2) is 5.76 Å². The number of rotatable bonds is 8. The van der Waals surface area contributed by atoms with E-state index in [0.717, 1.165) is 17.4 Å². The molecule has 10 nitrogen and oxygen atoms in total. The van der Waals surface area contributed by atoms with Crippen LogP contribution in [0.15, 0.2) is 57.9 Å². The van der Waals surface area contributed by atoms with Gasteiger partial charge in [0.2, 0.25) is 10.0 Å². The molecule has 176 valence electrons. The van der Waals surface area contributed by atoms with Gasteiger partial charge in [0.25, 0.3) is 5.69 Å². The van der Waals surface area contributed by atoms with Crippen molar-refractivity contribution in [3.05, 3.63) is 64.4 Å². The second-order valence-electron chi connectivity index (χ2n) is 8.53. The van der Waals surface area contributed by atoms with Crippen molar-refractivity contribution in [2.24, 2.45) is 0 Å². The van der Waals surface area contributed by atoms with E-state index >= 15 is 0 Å². The molecule has 0 amide bonds. The molecule has 0 aliphatic carbocycles. The number of hydrogen-bond donors (Lipinski definition) is 1. The van der Waals surface area contributed by atoms with Crippen molar-refractivity contribution in [2.45, 2.75) is 37.8 Å². The molecule has 0 saturated carbocycles. The summed E-state index contributed by atoms with van der Waals surface area (Å²) in [7, 11) is -0.681. The minimum atomic E-state index is -3.92. The van der Waals surface area contributed by atoms with Crippen molar-refractivity contribution in [3.63, 3.8) is 0 Å². The molecule has 0 aliphatic rings. The zero-order valence-electron chi connectivity index (χ0n) is 19.0. The Bertz CT molecular complexity index is 1250. The Morgan fingerprint density at radius 2 is 1.82 bits per heavy atom. The fourth-order valence-electron chi connectivity index (χ4n) is 3.21. The minimum Gasteiger partial charge on any atom is -0.497 e. The third kappa shape index (κ3) is 5.88. The molecule has 0 bridgehead atoms. The molecule has 1 N–H and O–H groups in total. The van der Waals surface area contributed by atoms with Crippen LogP contribution in [0.1, 0.15) is 26.5 Å². The highest BCUT2D eigenvalue weighted by molar-refractivity contribution is 7.89. The van der Waals surface area contributed by atoms with Gasteiger partial charge in [-0.25, -0.2) is 13.1 Å². The van der Waals surface area contributed by atoms with E-state index in [4.69, 9.17) is 9.26 Å². The molecular weight excluding hydrogens is 448 g/mol. The Hall–Kier alpha value is -3.44. The van der Waals surface area contributed by atoms with E-state index in [2.05, 4.69) is 9.88 Å². The highest BCUT2D eigenvalue weighted by Crippen LogP contribution is 2.32. The van der Waals surface area contributed by atoms with Crippen LogP contribution in [0, 0.1) is 10.1 Å². The number of nitro benzene ring substituents is 1. The van der Waals surface area contributed by atoms with Crippen LogP contribution in [0.25, 0.3) is 11.3 Å². The third-order valence-corrected chi connectivity index (χ3v) is 6.40. The molecular formula is C22H26N4O6S. The van der Waals surface area contributed by atoms with Crippen LogP contribution in [0.4, 0.5) is 11.4 Å². The predicted molar refractivity (Wildman–Crippen MR) is 124 cm³/mol. The second-order valence-corrected chi connectivity index (χ2v) is 10.2. The molecule has 0 spiro atoms. The van der Waals surface area contributed by atoms with Gasteiger partial charge in [-0.05, 0) is 57.2 Å². The number of nitrogens with zero attached hydrogens (tertiary/aromatic N) is 3. The standard InChI is InChI=1S/C22H26N4O6S/c1-22(2,3)24-33(29,30)18-10-11-20(21(13-18)26(27)28)25(4)14-17-12-19(23-32-17)15-6-8-16(31-5)9-7-15/h6-13,24H,14H2,1-5H3. The van der Waals surface area contributed by atoms with E-state index in [0.29, 0.717) is 11.5 Å². The van der Waals surface area contributed by atoms with Gasteiger partial charge in [-0.15, -0.1) is 0 Å². The second kappa shape index (κ2) is 9.20. The van der Waals surface area contributed by atoms with Crippen LogP contribution in [0.3, 0.4) is 0 Å². The Kier molecular flexibility index (Phi) is 6.75. The molecule has 0 radical (unpaired) electrons. The molecule has 1 heterocycles. The molecule has 33 heavy (non-hydrogen) atoms. The van der Waals surface area contributed by atoms with E-state index < -0.39 is 20.5 Å². The maximum atomic E-state index is 12.6. The largest absolute Gasteiger partial charge is 0.497 e. The van der Waals surface area contributed by atoms with Crippen LogP contribution in [0.5, 0.6) is 5.75 Å². The molecule has 3 aromatic rings. The van der Waals surface area contributed by atoms with Crippen molar-refractivity contribution in [1.29, 1.82) is 0 Å². The summed E-state index contributed by atoms with van der Waals surface area (Å²) in [5.74, 6) is 1.21. The van der Waals surface area contributed by atoms with E-state index in [1.807, 2.05) is 24.3 Å².